The molecule has 0 heterocycles. The molecule has 2 aliphatic rings. The number of rotatable bonds is 41. The summed E-state index contributed by atoms with van der Waals surface area (Å²) >= 11 is 0. The van der Waals surface area contributed by atoms with E-state index >= 15 is 0 Å². The number of esters is 2. The molecule has 2 saturated carbocycles. The summed E-state index contributed by atoms with van der Waals surface area (Å²) in [6.45, 7) is 17.7. The second kappa shape index (κ2) is 34.3. The summed E-state index contributed by atoms with van der Waals surface area (Å²) in [4.78, 5) is 26.9. The SMILES string of the molecule is CCCCCCCCCC(CCCCCCCCC)CC(=O)OCCC12CC(CC(C)(CCC)C1)CC(C)(CCOC(=O)CC(CCCCCCC)CCCCCCCC)C2. The smallest absolute Gasteiger partial charge is 0.306 e. The Morgan fingerprint density at radius 1 is 0.426 bits per heavy atom. The zero-order valence-electron chi connectivity index (χ0n) is 42.6. The van der Waals surface area contributed by atoms with Gasteiger partial charge in [0.25, 0.3) is 0 Å². The standard InChI is InChI=1S/C57H108O4/c1-8-13-17-21-24-28-32-36-51(37-33-29-25-22-18-14-9-2)44-54(59)61-42-40-57-47-52(45-55(6,48-57)38-12-5)46-56(7,49-57)39-41-60-53(58)43-50(34-30-26-20-16-11-4)35-31-27-23-19-15-10-3/h50-52H,8-49H2,1-7H3. The summed E-state index contributed by atoms with van der Waals surface area (Å²) in [5.41, 5.74) is 0.740. The van der Waals surface area contributed by atoms with Crippen LogP contribution in [0.3, 0.4) is 0 Å². The van der Waals surface area contributed by atoms with Crippen molar-refractivity contribution >= 4 is 11.9 Å². The third-order valence-electron chi connectivity index (χ3n) is 15.6. The van der Waals surface area contributed by atoms with Gasteiger partial charge in [-0.3, -0.25) is 9.59 Å². The lowest BCUT2D eigenvalue weighted by Gasteiger charge is -2.58. The van der Waals surface area contributed by atoms with Crippen LogP contribution in [0.25, 0.3) is 0 Å². The van der Waals surface area contributed by atoms with E-state index in [1.54, 1.807) is 0 Å². The minimum atomic E-state index is 0.0403. The van der Waals surface area contributed by atoms with Gasteiger partial charge in [0.15, 0.2) is 0 Å². The van der Waals surface area contributed by atoms with E-state index in [1.807, 2.05) is 0 Å². The largest absolute Gasteiger partial charge is 0.466 e. The van der Waals surface area contributed by atoms with Crippen molar-refractivity contribution in [2.24, 2.45) is 34.0 Å². The second-order valence-electron chi connectivity index (χ2n) is 22.4. The first-order valence-corrected chi connectivity index (χ1v) is 27.8. The maximum atomic E-state index is 13.6. The molecule has 0 radical (unpaired) electrons. The maximum Gasteiger partial charge on any atom is 0.306 e. The summed E-state index contributed by atoms with van der Waals surface area (Å²) < 4.78 is 12.4. The lowest BCUT2D eigenvalue weighted by molar-refractivity contribution is -0.148. The Hall–Kier alpha value is -1.06. The first kappa shape index (κ1) is 56.1. The monoisotopic (exact) mass is 857 g/mol. The molecule has 360 valence electrons. The normalized spacial score (nSPS) is 23.0. The molecule has 4 heteroatoms. The van der Waals surface area contributed by atoms with Gasteiger partial charge in [-0.25, -0.2) is 0 Å². The van der Waals surface area contributed by atoms with Crippen molar-refractivity contribution in [1.82, 2.24) is 0 Å². The Labute approximate surface area is 382 Å². The molecular weight excluding hydrogens is 749 g/mol. The number of carbonyl (C=O) groups is 2. The van der Waals surface area contributed by atoms with Gasteiger partial charge in [-0.05, 0) is 111 Å². The van der Waals surface area contributed by atoms with E-state index in [1.165, 1.54) is 231 Å². The number of hydrogen-bond acceptors (Lipinski definition) is 4. The van der Waals surface area contributed by atoms with Crippen molar-refractivity contribution in [2.75, 3.05) is 13.2 Å². The minimum absolute atomic E-state index is 0.0403. The minimum Gasteiger partial charge on any atom is -0.466 e. The number of carbonyl (C=O) groups excluding carboxylic acids is 2. The van der Waals surface area contributed by atoms with Gasteiger partial charge in [-0.1, -0.05) is 215 Å². The number of ether oxygens (including phenoxy) is 2. The molecule has 0 spiro atoms. The van der Waals surface area contributed by atoms with Crippen LogP contribution in [0.5, 0.6) is 0 Å². The van der Waals surface area contributed by atoms with Crippen molar-refractivity contribution in [3.63, 3.8) is 0 Å². The summed E-state index contributed by atoms with van der Waals surface area (Å²) in [5, 5.41) is 0. The van der Waals surface area contributed by atoms with E-state index in [-0.39, 0.29) is 22.8 Å². The van der Waals surface area contributed by atoms with Gasteiger partial charge in [-0.15, -0.1) is 0 Å². The van der Waals surface area contributed by atoms with Crippen molar-refractivity contribution in [2.45, 2.75) is 305 Å². The van der Waals surface area contributed by atoms with Crippen LogP contribution in [0, 0.1) is 34.0 Å². The average molecular weight is 857 g/mol. The van der Waals surface area contributed by atoms with Crippen molar-refractivity contribution in [1.29, 1.82) is 0 Å². The van der Waals surface area contributed by atoms with E-state index in [0.717, 1.165) is 12.8 Å². The fourth-order valence-electron chi connectivity index (χ4n) is 12.8. The summed E-state index contributed by atoms with van der Waals surface area (Å²) in [5.74, 6) is 1.75. The highest BCUT2D eigenvalue weighted by Crippen LogP contribution is 2.63. The van der Waals surface area contributed by atoms with Crippen LogP contribution in [-0.2, 0) is 19.1 Å². The molecule has 2 aliphatic carbocycles. The van der Waals surface area contributed by atoms with E-state index in [0.29, 0.717) is 49.2 Å². The van der Waals surface area contributed by atoms with Gasteiger partial charge in [0.05, 0.1) is 13.2 Å². The highest BCUT2D eigenvalue weighted by molar-refractivity contribution is 5.70. The molecule has 5 unspecified atom stereocenters. The molecule has 0 aromatic carbocycles. The quantitative estimate of drug-likeness (QED) is 0.0454. The van der Waals surface area contributed by atoms with E-state index in [9.17, 15) is 9.59 Å². The summed E-state index contributed by atoms with van der Waals surface area (Å²) in [6, 6.07) is 0. The van der Waals surface area contributed by atoms with E-state index < -0.39 is 0 Å². The summed E-state index contributed by atoms with van der Waals surface area (Å²) in [7, 11) is 0. The number of unbranched alkanes of at least 4 members (excludes halogenated alkanes) is 21. The predicted molar refractivity (Wildman–Crippen MR) is 264 cm³/mol. The highest BCUT2D eigenvalue weighted by Gasteiger charge is 2.53. The molecule has 2 bridgehead atoms. The van der Waals surface area contributed by atoms with Crippen LogP contribution in [0.1, 0.15) is 305 Å². The van der Waals surface area contributed by atoms with Crippen LogP contribution in [-0.4, -0.2) is 25.2 Å². The van der Waals surface area contributed by atoms with Crippen molar-refractivity contribution < 1.29 is 19.1 Å². The van der Waals surface area contributed by atoms with Crippen LogP contribution in [0.15, 0.2) is 0 Å². The fourth-order valence-corrected chi connectivity index (χ4v) is 12.8. The van der Waals surface area contributed by atoms with Gasteiger partial charge in [0, 0.05) is 12.8 Å². The molecule has 2 rings (SSSR count). The molecular formula is C57H108O4. The van der Waals surface area contributed by atoms with Crippen LogP contribution < -0.4 is 0 Å². The topological polar surface area (TPSA) is 52.6 Å². The van der Waals surface area contributed by atoms with E-state index in [4.69, 9.17) is 9.47 Å². The molecule has 5 atom stereocenters. The van der Waals surface area contributed by atoms with Crippen molar-refractivity contribution in [3.05, 3.63) is 0 Å². The van der Waals surface area contributed by atoms with Crippen LogP contribution in [0.4, 0.5) is 0 Å². The molecule has 0 aliphatic heterocycles. The third-order valence-corrected chi connectivity index (χ3v) is 15.6. The first-order chi connectivity index (χ1) is 29.5. The molecule has 0 aromatic rings. The Kier molecular flexibility index (Phi) is 31.5. The Bertz CT molecular complexity index is 1050. The zero-order valence-corrected chi connectivity index (χ0v) is 42.6. The molecule has 2 fully saturated rings. The van der Waals surface area contributed by atoms with E-state index in [2.05, 4.69) is 48.5 Å². The highest BCUT2D eigenvalue weighted by atomic mass is 16.5. The Morgan fingerprint density at radius 2 is 0.754 bits per heavy atom. The molecule has 0 saturated heterocycles. The first-order valence-electron chi connectivity index (χ1n) is 27.8. The lowest BCUT2D eigenvalue weighted by atomic mass is 9.47. The third kappa shape index (κ3) is 26.5. The van der Waals surface area contributed by atoms with Gasteiger partial charge >= 0.3 is 11.9 Å². The Balaban J connectivity index is 1.96. The van der Waals surface area contributed by atoms with Gasteiger partial charge < -0.3 is 9.47 Å². The molecule has 61 heavy (non-hydrogen) atoms. The predicted octanol–water partition coefficient (Wildman–Crippen LogP) is 18.7. The summed E-state index contributed by atoms with van der Waals surface area (Å²) in [6.07, 6.45) is 49.6. The molecule has 4 nitrogen and oxygen atoms in total. The van der Waals surface area contributed by atoms with Gasteiger partial charge in [0.1, 0.15) is 0 Å². The Morgan fingerprint density at radius 3 is 1.11 bits per heavy atom. The number of fused-ring (bicyclic) bond motifs is 2. The van der Waals surface area contributed by atoms with Crippen LogP contribution >= 0.6 is 0 Å². The fraction of sp³-hybridized carbons (Fsp3) is 0.965. The second-order valence-corrected chi connectivity index (χ2v) is 22.4. The van der Waals surface area contributed by atoms with Gasteiger partial charge in [-0.2, -0.15) is 0 Å². The lowest BCUT2D eigenvalue weighted by Crippen LogP contribution is -2.48. The number of hydrogen-bond donors (Lipinski definition) is 0. The molecule has 0 N–H and O–H groups in total. The van der Waals surface area contributed by atoms with Crippen molar-refractivity contribution in [3.8, 4) is 0 Å². The average Bonchev–Trinajstić information content (AvgIpc) is 3.20. The maximum absolute atomic E-state index is 13.6. The van der Waals surface area contributed by atoms with Gasteiger partial charge in [0.2, 0.25) is 0 Å². The molecule has 0 amide bonds. The van der Waals surface area contributed by atoms with Crippen LogP contribution in [0.2, 0.25) is 0 Å². The molecule has 0 aromatic heterocycles. The zero-order chi connectivity index (χ0) is 44.5.